The maximum atomic E-state index is 9.69. The first-order chi connectivity index (χ1) is 39.4. The number of thioether (sulfide) groups is 3. The molecule has 0 aliphatic heterocycles. The molecule has 0 amide bonds. The number of nitrogens with zero attached hydrogens (tertiary/aromatic N) is 9. The van der Waals surface area contributed by atoms with E-state index >= 15 is 0 Å². The number of hydrogen-bond donors (Lipinski definition) is 1. The molecule has 0 saturated carbocycles. The smallest absolute Gasteiger partial charge is 0.187 e. The molecule has 84 heavy (non-hydrogen) atoms. The van der Waals surface area contributed by atoms with Crippen LogP contribution in [0.25, 0.3) is 33.4 Å². The fourth-order valence-electron chi connectivity index (χ4n) is 11.1. The van der Waals surface area contributed by atoms with Gasteiger partial charge >= 0.3 is 0 Å². The Balaban J connectivity index is 0.00000920. The average molecular weight is 1190 g/mol. The second kappa shape index (κ2) is 26.5. The van der Waals surface area contributed by atoms with Crippen molar-refractivity contribution >= 4 is 47.7 Å². The van der Waals surface area contributed by atoms with Crippen LogP contribution in [0.1, 0.15) is 147 Å². The van der Waals surface area contributed by atoms with E-state index in [9.17, 15) is 5.73 Å². The number of rotatable bonds is 18. The number of hydrogen-bond acceptors (Lipinski definition) is 13. The molecule has 6 aromatic heterocycles. The van der Waals surface area contributed by atoms with Gasteiger partial charge in [-0.25, -0.2) is 29.9 Å². The van der Waals surface area contributed by atoms with Gasteiger partial charge in [-0.3, -0.25) is 15.0 Å². The highest BCUT2D eigenvalue weighted by atomic mass is 35.5. The predicted octanol–water partition coefficient (Wildman–Crippen LogP) is 17.4. The van der Waals surface area contributed by atoms with Crippen LogP contribution in [-0.4, -0.2) is 44.9 Å². The first-order valence-corrected chi connectivity index (χ1v) is 31.6. The van der Waals surface area contributed by atoms with E-state index < -0.39 is 5.54 Å². The van der Waals surface area contributed by atoms with Crippen molar-refractivity contribution in [2.24, 2.45) is 22.0 Å². The van der Waals surface area contributed by atoms with Crippen LogP contribution in [0.15, 0.2) is 144 Å². The van der Waals surface area contributed by atoms with Gasteiger partial charge in [0.1, 0.15) is 0 Å². The number of pyridine rings is 3. The summed E-state index contributed by atoms with van der Waals surface area (Å²) in [4.78, 5) is 46.3. The Morgan fingerprint density at radius 1 is 0.357 bits per heavy atom. The summed E-state index contributed by atoms with van der Waals surface area (Å²) in [5.41, 5.74) is 28.7. The standard InChI is InChI=1S/C70H80N10S3.ClH/c1-43-19-25-49(26-20-43)58-52(40-81-64-72-31-16-32-73-64)46(4)78-55(37-67(7,8)9)61(58)70(71,62-56(38-68(10,11)12)79-47(5)53(41-82-65-74-33-17-34-75-65)59(62)50-27-21-44(2)22-28-50)63-57(39-69(13,14)15)80-48(6)54(42-83-66-76-35-18-36-77-66)60(63)51-29-23-45(3)24-30-51;/h16-36H,37-42,71H2,1-15H3;1H. The van der Waals surface area contributed by atoms with Crippen LogP contribution in [0.3, 0.4) is 0 Å². The summed E-state index contributed by atoms with van der Waals surface area (Å²) in [6.07, 6.45) is 12.7. The normalized spacial score (nSPS) is 12.1. The molecule has 0 unspecified atom stereocenters. The molecule has 0 aliphatic carbocycles. The third-order valence-electron chi connectivity index (χ3n) is 14.7. The largest absolute Gasteiger partial charge is 0.314 e. The van der Waals surface area contributed by atoms with Gasteiger partial charge in [0.25, 0.3) is 0 Å². The van der Waals surface area contributed by atoms with Crippen LogP contribution >= 0.6 is 47.7 Å². The molecule has 9 aromatic rings. The maximum absolute atomic E-state index is 9.69. The molecule has 2 N–H and O–H groups in total. The zero-order valence-electron chi connectivity index (χ0n) is 51.6. The highest BCUT2D eigenvalue weighted by Gasteiger charge is 2.48. The molecule has 0 fully saturated rings. The molecule has 0 saturated heterocycles. The average Bonchev–Trinajstić information content (AvgIpc) is 0.731. The Labute approximate surface area is 518 Å². The summed E-state index contributed by atoms with van der Waals surface area (Å²) in [5.74, 6) is 1.58. The van der Waals surface area contributed by atoms with Crippen molar-refractivity contribution in [2.45, 2.75) is 161 Å². The summed E-state index contributed by atoms with van der Waals surface area (Å²) in [5, 5.41) is 2.05. The first kappa shape index (κ1) is 63.7. The number of nitrogens with two attached hydrogens (primary N) is 1. The van der Waals surface area contributed by atoms with E-state index in [-0.39, 0.29) is 28.7 Å². The van der Waals surface area contributed by atoms with E-state index in [1.54, 1.807) is 35.3 Å². The Kier molecular flexibility index (Phi) is 20.1. The summed E-state index contributed by atoms with van der Waals surface area (Å²) >= 11 is 4.85. The molecule has 0 radical (unpaired) electrons. The molecular formula is C70H81ClN10S3. The summed E-state index contributed by atoms with van der Waals surface area (Å²) < 4.78 is 0. The van der Waals surface area contributed by atoms with Crippen molar-refractivity contribution in [3.05, 3.63) is 212 Å². The fourth-order valence-corrected chi connectivity index (χ4v) is 13.8. The lowest BCUT2D eigenvalue weighted by Gasteiger charge is -2.43. The zero-order valence-corrected chi connectivity index (χ0v) is 54.9. The minimum atomic E-state index is -1.57. The predicted molar refractivity (Wildman–Crippen MR) is 353 cm³/mol. The molecule has 9 rings (SSSR count). The van der Waals surface area contributed by atoms with E-state index in [0.29, 0.717) is 52.0 Å². The minimum absolute atomic E-state index is 0. The Morgan fingerprint density at radius 3 is 0.798 bits per heavy atom. The molecule has 10 nitrogen and oxygen atoms in total. The van der Waals surface area contributed by atoms with Crippen LogP contribution in [-0.2, 0) is 42.1 Å². The maximum Gasteiger partial charge on any atom is 0.187 e. The van der Waals surface area contributed by atoms with Crippen molar-refractivity contribution in [1.29, 1.82) is 0 Å². The van der Waals surface area contributed by atoms with Crippen molar-refractivity contribution < 1.29 is 0 Å². The van der Waals surface area contributed by atoms with E-state index in [1.807, 2.05) is 55.4 Å². The Bertz CT molecular complexity index is 3320. The molecular weight excluding hydrogens is 1110 g/mol. The molecule has 3 aromatic carbocycles. The van der Waals surface area contributed by atoms with E-state index in [0.717, 1.165) is 118 Å². The van der Waals surface area contributed by atoms with Gasteiger partial charge in [0, 0.05) is 105 Å². The monoisotopic (exact) mass is 1190 g/mol. The number of benzene rings is 3. The molecule has 0 aliphatic rings. The first-order valence-electron chi connectivity index (χ1n) is 28.6. The molecule has 6 heterocycles. The van der Waals surface area contributed by atoms with Crippen molar-refractivity contribution in [1.82, 2.24) is 44.9 Å². The second-order valence-electron chi connectivity index (χ2n) is 25.7. The highest BCUT2D eigenvalue weighted by Crippen LogP contribution is 2.55. The van der Waals surface area contributed by atoms with E-state index in [1.165, 1.54) is 0 Å². The fraction of sp³-hybridized carbons (Fsp3) is 0.357. The molecule has 0 spiro atoms. The zero-order chi connectivity index (χ0) is 59.4. The topological polar surface area (TPSA) is 142 Å². The van der Waals surface area contributed by atoms with Crippen LogP contribution in [0.5, 0.6) is 0 Å². The Hall–Kier alpha value is -6.35. The highest BCUT2D eigenvalue weighted by molar-refractivity contribution is 7.98. The lowest BCUT2D eigenvalue weighted by Crippen LogP contribution is -2.46. The van der Waals surface area contributed by atoms with Gasteiger partial charge in [0.2, 0.25) is 0 Å². The molecule has 14 heteroatoms. The van der Waals surface area contributed by atoms with Gasteiger partial charge in [-0.05, 0) is 145 Å². The van der Waals surface area contributed by atoms with Crippen LogP contribution in [0.2, 0.25) is 0 Å². The molecule has 0 bridgehead atoms. The molecule has 0 atom stereocenters. The molecule has 436 valence electrons. The van der Waals surface area contributed by atoms with Crippen LogP contribution < -0.4 is 5.73 Å². The Morgan fingerprint density at radius 2 is 0.583 bits per heavy atom. The SMILES string of the molecule is Cc1ccc(-c2c(CSc3ncccn3)c(C)nc(CC(C)(C)C)c2C(N)(c2c(CC(C)(C)C)nc(C)c(CSc3ncccn3)c2-c2ccc(C)cc2)c2c(CC(C)(C)C)nc(C)c(CSc3ncccn3)c2-c2ccc(C)cc2)cc1.Cl. The van der Waals surface area contributed by atoms with Crippen LogP contribution in [0.4, 0.5) is 0 Å². The third kappa shape index (κ3) is 15.0. The van der Waals surface area contributed by atoms with Crippen molar-refractivity contribution in [3.8, 4) is 33.4 Å². The van der Waals surface area contributed by atoms with Gasteiger partial charge in [0.15, 0.2) is 15.5 Å². The lowest BCUT2D eigenvalue weighted by molar-refractivity contribution is 0.393. The summed E-state index contributed by atoms with van der Waals surface area (Å²) in [6.45, 7) is 33.7. The van der Waals surface area contributed by atoms with E-state index in [4.69, 9.17) is 44.9 Å². The van der Waals surface area contributed by atoms with Gasteiger partial charge in [-0.15, -0.1) is 12.4 Å². The van der Waals surface area contributed by atoms with Crippen LogP contribution in [0, 0.1) is 57.8 Å². The van der Waals surface area contributed by atoms with Crippen molar-refractivity contribution in [3.63, 3.8) is 0 Å². The second-order valence-corrected chi connectivity index (χ2v) is 28.5. The van der Waals surface area contributed by atoms with Crippen molar-refractivity contribution in [2.75, 3.05) is 0 Å². The number of halogens is 1. The third-order valence-corrected chi connectivity index (χ3v) is 17.4. The quantitative estimate of drug-likeness (QED) is 0.0644. The summed E-state index contributed by atoms with van der Waals surface area (Å²) in [7, 11) is 0. The lowest BCUT2D eigenvalue weighted by atomic mass is 9.65. The minimum Gasteiger partial charge on any atom is -0.314 e. The van der Waals surface area contributed by atoms with Gasteiger partial charge < -0.3 is 5.73 Å². The van der Waals surface area contributed by atoms with E-state index in [2.05, 4.69) is 177 Å². The summed E-state index contributed by atoms with van der Waals surface area (Å²) in [6, 6.07) is 32.6. The van der Waals surface area contributed by atoms with Gasteiger partial charge in [0.05, 0.1) is 5.54 Å². The number of aromatic nitrogens is 9. The van der Waals surface area contributed by atoms with Gasteiger partial charge in [-0.1, -0.05) is 187 Å². The number of aryl methyl sites for hydroxylation is 6. The van der Waals surface area contributed by atoms with Gasteiger partial charge in [-0.2, -0.15) is 0 Å².